The summed E-state index contributed by atoms with van der Waals surface area (Å²) in [7, 11) is 0. The van der Waals surface area contributed by atoms with E-state index < -0.39 is 0 Å². The third-order valence-electron chi connectivity index (χ3n) is 3.81. The summed E-state index contributed by atoms with van der Waals surface area (Å²) < 4.78 is 13.7. The Hall–Kier alpha value is -1.09. The van der Waals surface area contributed by atoms with E-state index >= 15 is 0 Å². The molecule has 0 aliphatic carbocycles. The average molecular weight is 250 g/mol. The molecular weight excluding hydrogens is 227 g/mol. The summed E-state index contributed by atoms with van der Waals surface area (Å²) in [5, 5.41) is 0. The molecule has 0 spiro atoms. The van der Waals surface area contributed by atoms with Gasteiger partial charge >= 0.3 is 0 Å². The number of piperidine rings is 1. The second-order valence-corrected chi connectivity index (χ2v) is 5.11. The molecule has 0 radical (unpaired) electrons. The lowest BCUT2D eigenvalue weighted by Crippen LogP contribution is -2.39. The molecule has 0 amide bonds. The fraction of sp³-hybridized carbons (Fsp3) is 0.600. The maximum absolute atomic E-state index is 13.7. The van der Waals surface area contributed by atoms with Crippen LogP contribution >= 0.6 is 0 Å². The van der Waals surface area contributed by atoms with E-state index in [0.29, 0.717) is 12.6 Å². The molecule has 1 heterocycles. The SMILES string of the molecule is CCC1CCCCN1c1cc(F)cc(CCN)c1. The molecule has 1 atom stereocenters. The Morgan fingerprint density at radius 2 is 2.17 bits per heavy atom. The topological polar surface area (TPSA) is 29.3 Å². The zero-order valence-corrected chi connectivity index (χ0v) is 11.2. The van der Waals surface area contributed by atoms with Crippen molar-refractivity contribution in [3.05, 3.63) is 29.6 Å². The van der Waals surface area contributed by atoms with Crippen molar-refractivity contribution >= 4 is 5.69 Å². The molecule has 2 rings (SSSR count). The molecule has 100 valence electrons. The molecule has 0 saturated carbocycles. The van der Waals surface area contributed by atoms with E-state index in [1.54, 1.807) is 12.1 Å². The summed E-state index contributed by atoms with van der Waals surface area (Å²) in [5.41, 5.74) is 7.60. The van der Waals surface area contributed by atoms with Gasteiger partial charge in [-0.25, -0.2) is 4.39 Å². The smallest absolute Gasteiger partial charge is 0.125 e. The molecule has 1 aromatic carbocycles. The molecule has 2 N–H and O–H groups in total. The molecule has 18 heavy (non-hydrogen) atoms. The van der Waals surface area contributed by atoms with Gasteiger partial charge in [-0.15, -0.1) is 0 Å². The van der Waals surface area contributed by atoms with Gasteiger partial charge in [0.2, 0.25) is 0 Å². The first kappa shape index (κ1) is 13.3. The van der Waals surface area contributed by atoms with Gasteiger partial charge in [-0.05, 0) is 62.4 Å². The van der Waals surface area contributed by atoms with Crippen LogP contribution in [0.25, 0.3) is 0 Å². The van der Waals surface area contributed by atoms with Crippen LogP contribution in [0.1, 0.15) is 38.2 Å². The number of hydrogen-bond donors (Lipinski definition) is 1. The third-order valence-corrected chi connectivity index (χ3v) is 3.81. The Morgan fingerprint density at radius 1 is 1.33 bits per heavy atom. The van der Waals surface area contributed by atoms with Crippen molar-refractivity contribution in [3.8, 4) is 0 Å². The summed E-state index contributed by atoms with van der Waals surface area (Å²) in [5.74, 6) is -0.142. The van der Waals surface area contributed by atoms with Gasteiger partial charge in [0.05, 0.1) is 0 Å². The normalized spacial score (nSPS) is 20.2. The first-order valence-corrected chi connectivity index (χ1v) is 7.00. The fourth-order valence-electron chi connectivity index (χ4n) is 2.88. The van der Waals surface area contributed by atoms with Crippen LogP contribution in [0, 0.1) is 5.82 Å². The summed E-state index contributed by atoms with van der Waals surface area (Å²) in [4.78, 5) is 2.37. The second kappa shape index (κ2) is 6.19. The van der Waals surface area contributed by atoms with Crippen molar-refractivity contribution in [2.45, 2.75) is 45.1 Å². The molecule has 1 aromatic rings. The van der Waals surface area contributed by atoms with Crippen molar-refractivity contribution in [2.75, 3.05) is 18.0 Å². The summed E-state index contributed by atoms with van der Waals surface area (Å²) in [6.07, 6.45) is 5.59. The highest BCUT2D eigenvalue weighted by atomic mass is 19.1. The van der Waals surface area contributed by atoms with Gasteiger partial charge in [0.1, 0.15) is 5.82 Å². The minimum absolute atomic E-state index is 0.142. The molecular formula is C15H23FN2. The molecule has 2 nitrogen and oxygen atoms in total. The minimum atomic E-state index is -0.142. The van der Waals surface area contributed by atoms with Gasteiger partial charge in [0.25, 0.3) is 0 Å². The summed E-state index contributed by atoms with van der Waals surface area (Å²) >= 11 is 0. The Balaban J connectivity index is 2.24. The van der Waals surface area contributed by atoms with Crippen LogP contribution in [-0.4, -0.2) is 19.1 Å². The standard InChI is InChI=1S/C15H23FN2/c1-2-14-5-3-4-8-18(14)15-10-12(6-7-17)9-13(16)11-15/h9-11,14H,2-8,17H2,1H3. The van der Waals surface area contributed by atoms with Crippen LogP contribution in [-0.2, 0) is 6.42 Å². The maximum Gasteiger partial charge on any atom is 0.125 e. The number of rotatable bonds is 4. The van der Waals surface area contributed by atoms with E-state index in [4.69, 9.17) is 5.73 Å². The number of nitrogens with zero attached hydrogens (tertiary/aromatic N) is 1. The zero-order chi connectivity index (χ0) is 13.0. The molecule has 3 heteroatoms. The third kappa shape index (κ3) is 3.02. The van der Waals surface area contributed by atoms with Gasteiger partial charge < -0.3 is 10.6 Å². The molecule has 1 fully saturated rings. The lowest BCUT2D eigenvalue weighted by Gasteiger charge is -2.37. The van der Waals surface area contributed by atoms with Gasteiger partial charge in [-0.2, -0.15) is 0 Å². The Morgan fingerprint density at radius 3 is 2.89 bits per heavy atom. The Labute approximate surface area is 109 Å². The van der Waals surface area contributed by atoms with Crippen LogP contribution in [0.5, 0.6) is 0 Å². The van der Waals surface area contributed by atoms with E-state index in [1.165, 1.54) is 19.3 Å². The highest BCUT2D eigenvalue weighted by Crippen LogP contribution is 2.28. The van der Waals surface area contributed by atoms with Crippen molar-refractivity contribution < 1.29 is 4.39 Å². The molecule has 1 saturated heterocycles. The van der Waals surface area contributed by atoms with Crippen LogP contribution < -0.4 is 10.6 Å². The number of hydrogen-bond acceptors (Lipinski definition) is 2. The maximum atomic E-state index is 13.7. The van der Waals surface area contributed by atoms with E-state index in [1.807, 2.05) is 0 Å². The van der Waals surface area contributed by atoms with Gasteiger partial charge in [0, 0.05) is 18.3 Å². The monoisotopic (exact) mass is 250 g/mol. The molecule has 1 aliphatic rings. The van der Waals surface area contributed by atoms with E-state index in [-0.39, 0.29) is 5.82 Å². The highest BCUT2D eigenvalue weighted by Gasteiger charge is 2.21. The van der Waals surface area contributed by atoms with Crippen molar-refractivity contribution in [1.29, 1.82) is 0 Å². The van der Waals surface area contributed by atoms with Crippen LogP contribution in [0.2, 0.25) is 0 Å². The number of anilines is 1. The Kier molecular flexibility index (Phi) is 4.59. The first-order valence-electron chi connectivity index (χ1n) is 7.00. The molecule has 0 aromatic heterocycles. The predicted molar refractivity (Wildman–Crippen MR) is 74.4 cm³/mol. The van der Waals surface area contributed by atoms with E-state index in [9.17, 15) is 4.39 Å². The quantitative estimate of drug-likeness (QED) is 0.889. The minimum Gasteiger partial charge on any atom is -0.368 e. The number of halogens is 1. The molecule has 1 unspecified atom stereocenters. The average Bonchev–Trinajstić information content (AvgIpc) is 2.38. The fourth-order valence-corrected chi connectivity index (χ4v) is 2.88. The molecule has 0 bridgehead atoms. The van der Waals surface area contributed by atoms with Crippen LogP contribution in [0.4, 0.5) is 10.1 Å². The highest BCUT2D eigenvalue weighted by molar-refractivity contribution is 5.50. The molecule has 1 aliphatic heterocycles. The predicted octanol–water partition coefficient (Wildman–Crippen LogP) is 3.10. The van der Waals surface area contributed by atoms with Crippen LogP contribution in [0.3, 0.4) is 0 Å². The van der Waals surface area contributed by atoms with Gasteiger partial charge in [-0.1, -0.05) is 6.92 Å². The second-order valence-electron chi connectivity index (χ2n) is 5.11. The Bertz CT molecular complexity index is 392. The van der Waals surface area contributed by atoms with E-state index in [2.05, 4.69) is 17.9 Å². The van der Waals surface area contributed by atoms with Crippen molar-refractivity contribution in [2.24, 2.45) is 5.73 Å². The largest absolute Gasteiger partial charge is 0.368 e. The van der Waals surface area contributed by atoms with Crippen molar-refractivity contribution in [3.63, 3.8) is 0 Å². The number of nitrogens with two attached hydrogens (primary N) is 1. The zero-order valence-electron chi connectivity index (χ0n) is 11.2. The van der Waals surface area contributed by atoms with E-state index in [0.717, 1.165) is 30.6 Å². The lowest BCUT2D eigenvalue weighted by molar-refractivity contribution is 0.449. The lowest BCUT2D eigenvalue weighted by atomic mass is 9.98. The van der Waals surface area contributed by atoms with Crippen molar-refractivity contribution in [1.82, 2.24) is 0 Å². The van der Waals surface area contributed by atoms with Gasteiger partial charge in [-0.3, -0.25) is 0 Å². The summed E-state index contributed by atoms with van der Waals surface area (Å²) in [6.45, 7) is 3.83. The van der Waals surface area contributed by atoms with Crippen LogP contribution in [0.15, 0.2) is 18.2 Å². The first-order chi connectivity index (χ1) is 8.74. The summed E-state index contributed by atoms with van der Waals surface area (Å²) in [6, 6.07) is 5.92. The van der Waals surface area contributed by atoms with Gasteiger partial charge in [0.15, 0.2) is 0 Å². The number of benzene rings is 1.